The number of rotatable bonds is 7. The molecule has 4 aromatic heterocycles. The molecule has 5 nitrogen and oxygen atoms in total. The third-order valence-electron chi connectivity index (χ3n) is 11.1. The predicted molar refractivity (Wildman–Crippen MR) is 242 cm³/mol. The molecular formula is C54H35N5. The summed E-state index contributed by atoms with van der Waals surface area (Å²) in [6.45, 7) is 0. The lowest BCUT2D eigenvalue weighted by molar-refractivity contribution is 1.18. The number of nitrogens with zero attached hydrogens (tertiary/aromatic N) is 5. The van der Waals surface area contributed by atoms with Crippen LogP contribution in [-0.4, -0.2) is 24.3 Å². The lowest BCUT2D eigenvalue weighted by Gasteiger charge is -2.12. The number of pyridine rings is 2. The highest BCUT2D eigenvalue weighted by Gasteiger charge is 2.17. The molecule has 11 rings (SSSR count). The molecule has 0 spiro atoms. The van der Waals surface area contributed by atoms with Gasteiger partial charge in [-0.1, -0.05) is 176 Å². The number of para-hydroxylation sites is 1. The van der Waals surface area contributed by atoms with Crippen LogP contribution in [0.25, 0.3) is 106 Å². The van der Waals surface area contributed by atoms with E-state index in [1.807, 2.05) is 42.5 Å². The summed E-state index contributed by atoms with van der Waals surface area (Å²) in [5.41, 5.74) is 17.4. The van der Waals surface area contributed by atoms with Gasteiger partial charge in [-0.25, -0.2) is 19.9 Å². The maximum Gasteiger partial charge on any atom is 0.160 e. The van der Waals surface area contributed by atoms with Crippen molar-refractivity contribution >= 4 is 27.6 Å². The first-order chi connectivity index (χ1) is 29.2. The van der Waals surface area contributed by atoms with Gasteiger partial charge in [0.15, 0.2) is 5.82 Å². The van der Waals surface area contributed by atoms with E-state index < -0.39 is 0 Å². The molecule has 276 valence electrons. The molecule has 0 atom stereocenters. The highest BCUT2D eigenvalue weighted by Crippen LogP contribution is 2.36. The van der Waals surface area contributed by atoms with Crippen molar-refractivity contribution in [3.05, 3.63) is 212 Å². The fraction of sp³-hybridized carbons (Fsp3) is 0. The Bertz CT molecular complexity index is 3180. The molecule has 0 N–H and O–H groups in total. The highest BCUT2D eigenvalue weighted by molar-refractivity contribution is 6.09. The van der Waals surface area contributed by atoms with E-state index in [0.717, 1.165) is 78.0 Å². The van der Waals surface area contributed by atoms with Gasteiger partial charge in [-0.3, -0.25) is 4.40 Å². The molecule has 0 radical (unpaired) electrons. The first-order valence-electron chi connectivity index (χ1n) is 19.8. The minimum atomic E-state index is 0.674. The summed E-state index contributed by atoms with van der Waals surface area (Å²) in [5.74, 6) is 0.674. The largest absolute Gasteiger partial charge is 0.298 e. The van der Waals surface area contributed by atoms with Crippen LogP contribution in [0.4, 0.5) is 0 Å². The van der Waals surface area contributed by atoms with Crippen LogP contribution in [0.3, 0.4) is 0 Å². The van der Waals surface area contributed by atoms with Crippen molar-refractivity contribution in [1.29, 1.82) is 0 Å². The third-order valence-corrected chi connectivity index (χ3v) is 11.1. The molecule has 0 aliphatic heterocycles. The van der Waals surface area contributed by atoms with Crippen LogP contribution >= 0.6 is 0 Å². The Kier molecular flexibility index (Phi) is 8.41. The van der Waals surface area contributed by atoms with Crippen molar-refractivity contribution in [1.82, 2.24) is 24.3 Å². The summed E-state index contributed by atoms with van der Waals surface area (Å²) in [6, 6.07) is 71.8. The molecule has 0 aliphatic carbocycles. The van der Waals surface area contributed by atoms with Crippen molar-refractivity contribution < 1.29 is 0 Å². The number of imidazole rings is 1. The van der Waals surface area contributed by atoms with Gasteiger partial charge < -0.3 is 0 Å². The van der Waals surface area contributed by atoms with Gasteiger partial charge in [0, 0.05) is 33.8 Å². The average Bonchev–Trinajstić information content (AvgIpc) is 3.72. The third kappa shape index (κ3) is 6.41. The highest BCUT2D eigenvalue weighted by atomic mass is 15.0. The van der Waals surface area contributed by atoms with Crippen LogP contribution in [-0.2, 0) is 0 Å². The maximum atomic E-state index is 5.21. The van der Waals surface area contributed by atoms with E-state index in [-0.39, 0.29) is 0 Å². The van der Waals surface area contributed by atoms with E-state index in [1.165, 1.54) is 22.3 Å². The number of aromatic nitrogens is 5. The zero-order valence-corrected chi connectivity index (χ0v) is 31.9. The van der Waals surface area contributed by atoms with Crippen LogP contribution in [0.2, 0.25) is 0 Å². The second-order valence-electron chi connectivity index (χ2n) is 14.7. The normalized spacial score (nSPS) is 11.4. The van der Waals surface area contributed by atoms with E-state index in [2.05, 4.69) is 174 Å². The van der Waals surface area contributed by atoms with Gasteiger partial charge in [-0.15, -0.1) is 0 Å². The second-order valence-corrected chi connectivity index (χ2v) is 14.7. The number of fused-ring (bicyclic) bond motifs is 5. The second kappa shape index (κ2) is 14.5. The van der Waals surface area contributed by atoms with Gasteiger partial charge in [-0.2, -0.15) is 0 Å². The molecule has 5 heteroatoms. The van der Waals surface area contributed by atoms with Crippen molar-refractivity contribution in [3.63, 3.8) is 0 Å². The van der Waals surface area contributed by atoms with Gasteiger partial charge >= 0.3 is 0 Å². The molecule has 0 saturated heterocycles. The topological polar surface area (TPSA) is 56.0 Å². The van der Waals surface area contributed by atoms with Crippen molar-refractivity contribution in [2.24, 2.45) is 0 Å². The summed E-state index contributed by atoms with van der Waals surface area (Å²) >= 11 is 0. The van der Waals surface area contributed by atoms with Gasteiger partial charge in [-0.05, 0) is 63.7 Å². The van der Waals surface area contributed by atoms with Crippen LogP contribution < -0.4 is 0 Å². The summed E-state index contributed by atoms with van der Waals surface area (Å²) in [7, 11) is 0. The standard InChI is InChI=1S/C54H35N5/c1-3-12-36(13-4-1)38-21-27-41(28-22-38)48-35-49(42-29-23-39(24-30-42)37-14-5-2-6-15-37)57-54(56-48)43-31-25-40(26-32-43)44-16-11-17-45(34-44)51-53-52(46-18-7-8-19-47(46)55-51)58-50-20-9-10-33-59(50)53/h1-35H. The van der Waals surface area contributed by atoms with E-state index >= 15 is 0 Å². The molecule has 0 amide bonds. The van der Waals surface area contributed by atoms with Gasteiger partial charge in [0.25, 0.3) is 0 Å². The maximum absolute atomic E-state index is 5.21. The fourth-order valence-corrected chi connectivity index (χ4v) is 8.01. The Morgan fingerprint density at radius 3 is 1.46 bits per heavy atom. The van der Waals surface area contributed by atoms with Crippen LogP contribution in [0, 0.1) is 0 Å². The molecule has 4 heterocycles. The van der Waals surface area contributed by atoms with Crippen molar-refractivity contribution in [2.45, 2.75) is 0 Å². The van der Waals surface area contributed by atoms with Gasteiger partial charge in [0.05, 0.1) is 28.1 Å². The predicted octanol–water partition coefficient (Wildman–Crippen LogP) is 13.5. The van der Waals surface area contributed by atoms with Crippen molar-refractivity contribution in [2.75, 3.05) is 0 Å². The summed E-state index contributed by atoms with van der Waals surface area (Å²) in [6.07, 6.45) is 2.06. The number of hydrogen-bond acceptors (Lipinski definition) is 4. The summed E-state index contributed by atoms with van der Waals surface area (Å²) < 4.78 is 2.14. The number of benzene rings is 7. The van der Waals surface area contributed by atoms with Crippen molar-refractivity contribution in [3.8, 4) is 78.5 Å². The quantitative estimate of drug-likeness (QED) is 0.163. The van der Waals surface area contributed by atoms with Crippen LogP contribution in [0.15, 0.2) is 212 Å². The Hall–Kier alpha value is -8.02. The lowest BCUT2D eigenvalue weighted by Crippen LogP contribution is -1.96. The molecule has 7 aromatic carbocycles. The average molecular weight is 754 g/mol. The summed E-state index contributed by atoms with van der Waals surface area (Å²) in [5, 5.41) is 1.05. The molecule has 11 aromatic rings. The molecule has 0 aliphatic rings. The molecule has 0 saturated carbocycles. The molecule has 59 heavy (non-hydrogen) atoms. The molecule has 0 fully saturated rings. The zero-order valence-electron chi connectivity index (χ0n) is 31.9. The summed E-state index contributed by atoms with van der Waals surface area (Å²) in [4.78, 5) is 20.6. The van der Waals surface area contributed by atoms with E-state index in [9.17, 15) is 0 Å². The lowest BCUT2D eigenvalue weighted by atomic mass is 9.99. The molecular weight excluding hydrogens is 719 g/mol. The Morgan fingerprint density at radius 1 is 0.322 bits per heavy atom. The Morgan fingerprint density at radius 2 is 0.814 bits per heavy atom. The van der Waals surface area contributed by atoms with Crippen LogP contribution in [0.5, 0.6) is 0 Å². The molecule has 0 bridgehead atoms. The Labute approximate surface area is 341 Å². The van der Waals surface area contributed by atoms with E-state index in [1.54, 1.807) is 0 Å². The van der Waals surface area contributed by atoms with E-state index in [0.29, 0.717) is 5.82 Å². The number of hydrogen-bond donors (Lipinski definition) is 0. The first-order valence-corrected chi connectivity index (χ1v) is 19.8. The monoisotopic (exact) mass is 753 g/mol. The first kappa shape index (κ1) is 34.2. The zero-order chi connectivity index (χ0) is 39.1. The Balaban J connectivity index is 0.972. The fourth-order valence-electron chi connectivity index (χ4n) is 8.01. The van der Waals surface area contributed by atoms with E-state index in [4.69, 9.17) is 19.9 Å². The minimum absolute atomic E-state index is 0.674. The minimum Gasteiger partial charge on any atom is -0.298 e. The molecule has 0 unspecified atom stereocenters. The SMILES string of the molecule is c1ccc(-c2ccc(-c3cc(-c4ccc(-c5ccccc5)cc4)nc(-c4ccc(-c5cccc(-c6nc7ccccc7c7nc8ccccn8c67)c5)cc4)n3)cc2)cc1. The van der Waals surface area contributed by atoms with Crippen LogP contribution in [0.1, 0.15) is 0 Å². The smallest absolute Gasteiger partial charge is 0.160 e. The van der Waals surface area contributed by atoms with Gasteiger partial charge in [0.2, 0.25) is 0 Å². The van der Waals surface area contributed by atoms with Gasteiger partial charge in [0.1, 0.15) is 11.2 Å².